The Morgan fingerprint density at radius 2 is 1.75 bits per heavy atom. The Kier molecular flexibility index (Phi) is 17.4. The van der Waals surface area contributed by atoms with E-state index in [9.17, 15) is 28.8 Å². The molecule has 4 aromatic rings. The molecule has 2 radical (unpaired) electrons. The first kappa shape index (κ1) is 54.0. The third-order valence-electron chi connectivity index (χ3n) is 10.7. The van der Waals surface area contributed by atoms with Crippen LogP contribution in [0.1, 0.15) is 73.1 Å². The van der Waals surface area contributed by atoms with Gasteiger partial charge >= 0.3 is 32.2 Å². The predicted octanol–water partition coefficient (Wildman–Crippen LogP) is 6.12. The largest absolute Gasteiger partial charge is 0.541 e. The van der Waals surface area contributed by atoms with Gasteiger partial charge < -0.3 is 43.2 Å². The van der Waals surface area contributed by atoms with Gasteiger partial charge in [0.25, 0.3) is 11.8 Å². The molecular formula is C47H57BClN8O12S2+. The van der Waals surface area contributed by atoms with Crippen LogP contribution in [0.25, 0.3) is 11.0 Å². The van der Waals surface area contributed by atoms with Gasteiger partial charge in [0.2, 0.25) is 11.6 Å². The molecule has 20 nitrogen and oxygen atoms in total. The van der Waals surface area contributed by atoms with Crippen molar-refractivity contribution >= 4 is 101 Å². The molecule has 2 unspecified atom stereocenters. The van der Waals surface area contributed by atoms with Gasteiger partial charge in [-0.1, -0.05) is 54.1 Å². The Hall–Kier alpha value is -6.33. The van der Waals surface area contributed by atoms with Gasteiger partial charge in [-0.25, -0.2) is 24.2 Å². The molecular weight excluding hydrogens is 979 g/mol. The summed E-state index contributed by atoms with van der Waals surface area (Å²) in [6.45, 7) is 14.9. The van der Waals surface area contributed by atoms with Crippen molar-refractivity contribution in [2.45, 2.75) is 110 Å². The van der Waals surface area contributed by atoms with Gasteiger partial charge in [-0.3, -0.25) is 19.8 Å². The zero-order valence-corrected chi connectivity index (χ0v) is 43.5. The number of nitrogens with zero attached hydrogens (tertiary/aromatic N) is 6. The lowest BCUT2D eigenvalue weighted by molar-refractivity contribution is -0.663. The van der Waals surface area contributed by atoms with Crippen molar-refractivity contribution in [1.29, 1.82) is 0 Å². The number of thiazole rings is 1. The normalized spacial score (nSPS) is 16.4. The number of fused-ring (bicyclic) bond motifs is 2. The Labute approximate surface area is 425 Å². The molecule has 0 spiro atoms. The van der Waals surface area contributed by atoms with Gasteiger partial charge in [0.15, 0.2) is 23.6 Å². The highest BCUT2D eigenvalue weighted by Gasteiger charge is 2.55. The van der Waals surface area contributed by atoms with Gasteiger partial charge in [-0.2, -0.15) is 4.57 Å². The maximum absolute atomic E-state index is 14.4. The molecule has 0 saturated carbocycles. The van der Waals surface area contributed by atoms with Crippen molar-refractivity contribution in [1.82, 2.24) is 24.7 Å². The lowest BCUT2D eigenvalue weighted by Crippen LogP contribution is -2.71. The lowest BCUT2D eigenvalue weighted by atomic mass is 10.0. The summed E-state index contributed by atoms with van der Waals surface area (Å²) in [4.78, 5) is 93.3. The van der Waals surface area contributed by atoms with Crippen LogP contribution in [-0.2, 0) is 62.6 Å². The highest BCUT2D eigenvalue weighted by molar-refractivity contribution is 8.00. The van der Waals surface area contributed by atoms with Crippen molar-refractivity contribution < 1.29 is 61.8 Å². The van der Waals surface area contributed by atoms with Crippen LogP contribution in [0, 0.1) is 5.92 Å². The van der Waals surface area contributed by atoms with E-state index < -0.39 is 76.3 Å². The topological polar surface area (TPSA) is 222 Å². The van der Waals surface area contributed by atoms with E-state index in [0.717, 1.165) is 22.4 Å². The van der Waals surface area contributed by atoms with Crippen LogP contribution in [0.3, 0.4) is 0 Å². The third kappa shape index (κ3) is 13.6. The Balaban J connectivity index is 1.27. The highest BCUT2D eigenvalue weighted by Crippen LogP contribution is 2.41. The molecule has 0 aliphatic carbocycles. The number of thioether (sulfide) groups is 1. The predicted molar refractivity (Wildman–Crippen MR) is 266 cm³/mol. The minimum absolute atomic E-state index is 0.0320. The molecule has 1 aromatic carbocycles. The number of hydrogen-bond donors (Lipinski definition) is 2. The second kappa shape index (κ2) is 22.8. The molecule has 2 N–H and O–H groups in total. The summed E-state index contributed by atoms with van der Waals surface area (Å²) < 4.78 is 30.3. The van der Waals surface area contributed by atoms with Gasteiger partial charge in [0, 0.05) is 55.7 Å². The molecule has 4 amide bonds. The number of oxime groups is 1. The first-order valence-corrected chi connectivity index (χ1v) is 24.7. The summed E-state index contributed by atoms with van der Waals surface area (Å²) in [5, 5.41) is 8.32. The molecule has 378 valence electrons. The van der Waals surface area contributed by atoms with E-state index in [-0.39, 0.29) is 39.8 Å². The second-order valence-corrected chi connectivity index (χ2v) is 21.5. The fraction of sp³-hybridized carbons (Fsp3) is 0.468. The first-order chi connectivity index (χ1) is 33.5. The minimum Gasteiger partial charge on any atom is -0.541 e. The number of aryl methyl sites for hydroxylation is 1. The molecule has 0 bridgehead atoms. The number of benzene rings is 1. The van der Waals surface area contributed by atoms with Crippen molar-refractivity contribution in [2.24, 2.45) is 11.1 Å². The number of amides is 4. The van der Waals surface area contributed by atoms with Crippen LogP contribution in [0.15, 0.2) is 71.3 Å². The highest BCUT2D eigenvalue weighted by atomic mass is 35.5. The number of hydrogen-bond acceptors (Lipinski definition) is 16. The quantitative estimate of drug-likeness (QED) is 0.0218. The van der Waals surface area contributed by atoms with E-state index in [1.54, 1.807) is 77.9 Å². The van der Waals surface area contributed by atoms with E-state index in [1.807, 2.05) is 55.9 Å². The van der Waals surface area contributed by atoms with Crippen LogP contribution in [0.5, 0.6) is 5.75 Å². The molecule has 3 aromatic heterocycles. The van der Waals surface area contributed by atoms with E-state index in [1.165, 1.54) is 16.7 Å². The molecule has 1 fully saturated rings. The molecule has 6 rings (SSSR count). The number of pyridine rings is 1. The van der Waals surface area contributed by atoms with Crippen LogP contribution in [0.2, 0.25) is 4.34 Å². The van der Waals surface area contributed by atoms with Crippen molar-refractivity contribution in [3.63, 3.8) is 0 Å². The Morgan fingerprint density at radius 3 is 2.39 bits per heavy atom. The van der Waals surface area contributed by atoms with Crippen molar-refractivity contribution in [3.05, 3.63) is 81.7 Å². The number of nitrogens with one attached hydrogen (secondary N) is 2. The zero-order valence-electron chi connectivity index (χ0n) is 41.1. The SMILES string of the molecule is [B]OC(=O)[C@@H](O/N=C(\C(=O)NC1C(=O)N2C(C(=O)OCc3ccc(OC)cc3)=C(C[n+]3cccc4c3ccn4CCCN(C)C(=O)OC(C)(C)C)CSC12)c1nc(NC(=O)OC(C)(C)C)sc1Cl)C(C)C. The summed E-state index contributed by atoms with van der Waals surface area (Å²) in [6.07, 6.45) is 1.88. The summed E-state index contributed by atoms with van der Waals surface area (Å²) in [7, 11) is 8.39. The standard InChI is InChI=1S/C47H56BClN8O12S2/c1-26(2)36(42(61)68-48)69-53-33(32-37(49)71-43(51-32)52-44(62)66-46(3,4)5)38(58)50-34-39(59)57-35(41(60)65-24-27-14-16-29(64-10)17-15-27)28(25-70-40(34)57)23-56-20-11-13-30-31(56)18-22-55(30)21-12-19-54(9)45(63)67-47(6,7)8/h11,13-18,20,22,26,34,36,40H,12,19,21,23-25H2,1-10H3,(H-,50,51,52,58,62)/p+1/b53-33-/t34?,36-,40?/m0/s1. The number of methoxy groups -OCH3 is 1. The molecule has 2 aliphatic rings. The molecule has 3 atom stereocenters. The van der Waals surface area contributed by atoms with Gasteiger partial charge in [-0.05, 0) is 71.7 Å². The van der Waals surface area contributed by atoms with E-state index in [0.29, 0.717) is 36.4 Å². The van der Waals surface area contributed by atoms with Crippen molar-refractivity contribution in [2.75, 3.05) is 31.8 Å². The number of anilines is 1. The number of esters is 1. The molecule has 24 heteroatoms. The second-order valence-electron chi connectivity index (χ2n) is 18.8. The molecule has 1 saturated heterocycles. The van der Waals surface area contributed by atoms with E-state index in [2.05, 4.69) is 30.0 Å². The lowest BCUT2D eigenvalue weighted by Gasteiger charge is -2.49. The first-order valence-electron chi connectivity index (χ1n) is 22.5. The number of aromatic nitrogens is 3. The Bertz CT molecular complexity index is 2710. The number of carbonyl (C=O) groups excluding carboxylic acids is 6. The zero-order chi connectivity index (χ0) is 51.9. The molecule has 71 heavy (non-hydrogen) atoms. The van der Waals surface area contributed by atoms with Crippen LogP contribution >= 0.6 is 34.7 Å². The molecule has 5 heterocycles. The number of β-lactam (4-membered cyclic amide) rings is 1. The number of carbonyl (C=O) groups is 6. The summed E-state index contributed by atoms with van der Waals surface area (Å²) in [6, 6.07) is 11.6. The fourth-order valence-corrected chi connectivity index (χ4v) is 9.67. The van der Waals surface area contributed by atoms with Crippen LogP contribution in [-0.4, -0.2) is 124 Å². The third-order valence-corrected chi connectivity index (χ3v) is 13.2. The summed E-state index contributed by atoms with van der Waals surface area (Å²) in [5.74, 6) is -2.99. The summed E-state index contributed by atoms with van der Waals surface area (Å²) in [5.41, 5.74) is 0.829. The van der Waals surface area contributed by atoms with Crippen molar-refractivity contribution in [3.8, 4) is 5.75 Å². The van der Waals surface area contributed by atoms with Gasteiger partial charge in [-0.15, -0.1) is 11.8 Å². The van der Waals surface area contributed by atoms with E-state index in [4.69, 9.17) is 43.4 Å². The minimum atomic E-state index is -1.37. The maximum atomic E-state index is 14.4. The van der Waals surface area contributed by atoms with E-state index >= 15 is 0 Å². The number of halogens is 1. The smallest absolute Gasteiger partial charge is 0.413 e. The maximum Gasteiger partial charge on any atom is 0.413 e. The monoisotopic (exact) mass is 1040 g/mol. The van der Waals surface area contributed by atoms with Crippen LogP contribution < -0.4 is 19.9 Å². The van der Waals surface area contributed by atoms with Gasteiger partial charge in [0.1, 0.15) is 56.2 Å². The van der Waals surface area contributed by atoms with Crippen LogP contribution in [0.4, 0.5) is 14.7 Å². The Morgan fingerprint density at radius 1 is 1.04 bits per heavy atom. The average Bonchev–Trinajstić information content (AvgIpc) is 3.89. The van der Waals surface area contributed by atoms with Gasteiger partial charge in [0.05, 0.1) is 7.11 Å². The average molecular weight is 1040 g/mol. The summed E-state index contributed by atoms with van der Waals surface area (Å²) >= 11 is 8.70. The number of rotatable bonds is 18. The molecule has 2 aliphatic heterocycles. The fourth-order valence-electron chi connectivity index (χ4n) is 7.30. The number of ether oxygens (including phenoxy) is 4.